The molecule has 0 aliphatic carbocycles. The van der Waals surface area contributed by atoms with Gasteiger partial charge in [-0.3, -0.25) is 4.84 Å². The SMILES string of the molecule is NOCc1ccc(C(F)(F)F)s1. The molecule has 1 aromatic rings. The van der Waals surface area contributed by atoms with E-state index in [1.807, 2.05) is 0 Å². The van der Waals surface area contributed by atoms with Gasteiger partial charge in [-0.15, -0.1) is 11.3 Å². The fourth-order valence-electron chi connectivity index (χ4n) is 0.690. The van der Waals surface area contributed by atoms with E-state index in [0.29, 0.717) is 16.2 Å². The van der Waals surface area contributed by atoms with Crippen LogP contribution in [0.3, 0.4) is 0 Å². The highest BCUT2D eigenvalue weighted by Gasteiger charge is 2.32. The zero-order chi connectivity index (χ0) is 9.19. The molecule has 1 aromatic heterocycles. The number of alkyl halides is 3. The molecule has 1 rings (SSSR count). The zero-order valence-corrected chi connectivity index (χ0v) is 6.71. The first kappa shape index (κ1) is 9.50. The lowest BCUT2D eigenvalue weighted by Crippen LogP contribution is -2.00. The quantitative estimate of drug-likeness (QED) is 0.737. The average molecular weight is 197 g/mol. The minimum Gasteiger partial charge on any atom is -0.299 e. The van der Waals surface area contributed by atoms with Gasteiger partial charge in [0, 0.05) is 4.88 Å². The predicted molar refractivity (Wildman–Crippen MR) is 38.3 cm³/mol. The van der Waals surface area contributed by atoms with Crippen molar-refractivity contribution in [3.63, 3.8) is 0 Å². The van der Waals surface area contributed by atoms with Crippen LogP contribution in [-0.2, 0) is 17.6 Å². The smallest absolute Gasteiger partial charge is 0.299 e. The van der Waals surface area contributed by atoms with E-state index in [-0.39, 0.29) is 6.61 Å². The summed E-state index contributed by atoms with van der Waals surface area (Å²) in [7, 11) is 0. The maximum atomic E-state index is 12.0. The molecule has 0 saturated heterocycles. The molecule has 1 heterocycles. The molecule has 2 N–H and O–H groups in total. The zero-order valence-electron chi connectivity index (χ0n) is 5.89. The van der Waals surface area contributed by atoms with Crippen LogP contribution < -0.4 is 5.90 Å². The summed E-state index contributed by atoms with van der Waals surface area (Å²) in [5, 5.41) is 0. The summed E-state index contributed by atoms with van der Waals surface area (Å²) < 4.78 is 35.9. The number of hydrogen-bond donors (Lipinski definition) is 1. The third-order valence-electron chi connectivity index (χ3n) is 1.17. The summed E-state index contributed by atoms with van der Waals surface area (Å²) in [6.45, 7) is 0.0146. The van der Waals surface area contributed by atoms with Gasteiger partial charge < -0.3 is 0 Å². The molecule has 0 spiro atoms. The van der Waals surface area contributed by atoms with Crippen molar-refractivity contribution in [2.24, 2.45) is 5.90 Å². The fourth-order valence-corrected chi connectivity index (χ4v) is 1.49. The van der Waals surface area contributed by atoms with Crippen molar-refractivity contribution >= 4 is 11.3 Å². The van der Waals surface area contributed by atoms with Crippen LogP contribution in [0.4, 0.5) is 13.2 Å². The Morgan fingerprint density at radius 2 is 2.08 bits per heavy atom. The van der Waals surface area contributed by atoms with Crippen LogP contribution in [-0.4, -0.2) is 0 Å². The second-order valence-corrected chi connectivity index (χ2v) is 3.24. The topological polar surface area (TPSA) is 35.2 Å². The van der Waals surface area contributed by atoms with Crippen LogP contribution in [0.15, 0.2) is 12.1 Å². The minimum atomic E-state index is -4.27. The van der Waals surface area contributed by atoms with Crippen LogP contribution in [0.2, 0.25) is 0 Å². The molecule has 2 nitrogen and oxygen atoms in total. The van der Waals surface area contributed by atoms with Gasteiger partial charge in [-0.05, 0) is 12.1 Å². The molecule has 0 atom stereocenters. The fraction of sp³-hybridized carbons (Fsp3) is 0.333. The van der Waals surface area contributed by atoms with Gasteiger partial charge in [0.15, 0.2) is 0 Å². The van der Waals surface area contributed by atoms with Gasteiger partial charge in [-0.25, -0.2) is 5.90 Å². The molecule has 12 heavy (non-hydrogen) atoms. The van der Waals surface area contributed by atoms with Gasteiger partial charge in [-0.1, -0.05) is 0 Å². The highest BCUT2D eigenvalue weighted by Crippen LogP contribution is 2.34. The Hall–Kier alpha value is -0.590. The van der Waals surface area contributed by atoms with Crippen molar-refractivity contribution in [1.29, 1.82) is 0 Å². The van der Waals surface area contributed by atoms with Crippen LogP contribution in [0.5, 0.6) is 0 Å². The maximum absolute atomic E-state index is 12.0. The Morgan fingerprint density at radius 3 is 2.50 bits per heavy atom. The molecule has 0 unspecified atom stereocenters. The Bertz CT molecular complexity index is 258. The third-order valence-corrected chi connectivity index (χ3v) is 2.27. The molecule has 68 valence electrons. The van der Waals surface area contributed by atoms with E-state index in [9.17, 15) is 13.2 Å². The molecule has 0 aliphatic rings. The van der Waals surface area contributed by atoms with Crippen molar-refractivity contribution < 1.29 is 18.0 Å². The summed E-state index contributed by atoms with van der Waals surface area (Å²) in [5.74, 6) is 4.70. The van der Waals surface area contributed by atoms with Gasteiger partial charge in [0.2, 0.25) is 0 Å². The van der Waals surface area contributed by atoms with E-state index in [1.165, 1.54) is 6.07 Å². The lowest BCUT2D eigenvalue weighted by molar-refractivity contribution is -0.134. The van der Waals surface area contributed by atoms with Crippen LogP contribution in [0.1, 0.15) is 9.75 Å². The van der Waals surface area contributed by atoms with Crippen LogP contribution >= 0.6 is 11.3 Å². The number of nitrogens with two attached hydrogens (primary N) is 1. The van der Waals surface area contributed by atoms with E-state index in [4.69, 9.17) is 5.90 Å². The second-order valence-electron chi connectivity index (χ2n) is 2.07. The molecule has 0 radical (unpaired) electrons. The summed E-state index contributed by atoms with van der Waals surface area (Å²) in [4.78, 5) is 4.03. The van der Waals surface area contributed by atoms with E-state index in [2.05, 4.69) is 4.84 Å². The highest BCUT2D eigenvalue weighted by atomic mass is 32.1. The predicted octanol–water partition coefficient (Wildman–Crippen LogP) is 2.16. The average Bonchev–Trinajstić information content (AvgIpc) is 2.35. The van der Waals surface area contributed by atoms with E-state index < -0.39 is 11.1 Å². The lowest BCUT2D eigenvalue weighted by Gasteiger charge is -2.00. The Kier molecular flexibility index (Phi) is 2.71. The molecule has 0 aromatic carbocycles. The minimum absolute atomic E-state index is 0.0146. The number of rotatable bonds is 2. The normalized spacial score (nSPS) is 12.0. The third kappa shape index (κ3) is 2.20. The van der Waals surface area contributed by atoms with Crippen LogP contribution in [0, 0.1) is 0 Å². The van der Waals surface area contributed by atoms with Crippen molar-refractivity contribution in [3.05, 3.63) is 21.9 Å². The van der Waals surface area contributed by atoms with Gasteiger partial charge in [0.25, 0.3) is 0 Å². The van der Waals surface area contributed by atoms with E-state index in [0.717, 1.165) is 6.07 Å². The number of halogens is 3. The lowest BCUT2D eigenvalue weighted by atomic mass is 10.4. The van der Waals surface area contributed by atoms with E-state index in [1.54, 1.807) is 0 Å². The van der Waals surface area contributed by atoms with Gasteiger partial charge in [0.05, 0.1) is 0 Å². The highest BCUT2D eigenvalue weighted by molar-refractivity contribution is 7.12. The van der Waals surface area contributed by atoms with Crippen molar-refractivity contribution in [2.45, 2.75) is 12.8 Å². The Balaban J connectivity index is 2.77. The second kappa shape index (κ2) is 3.42. The standard InChI is InChI=1S/C6H6F3NOS/c7-6(8,9)5-2-1-4(12-5)3-11-10/h1-2H,3,10H2. The molecule has 0 aliphatic heterocycles. The van der Waals surface area contributed by atoms with Gasteiger partial charge >= 0.3 is 6.18 Å². The molecule has 6 heteroatoms. The number of hydrogen-bond acceptors (Lipinski definition) is 3. The summed E-state index contributed by atoms with van der Waals surface area (Å²) in [6, 6.07) is 2.36. The Morgan fingerprint density at radius 1 is 1.42 bits per heavy atom. The summed E-state index contributed by atoms with van der Waals surface area (Å²) >= 11 is 0.634. The maximum Gasteiger partial charge on any atom is 0.425 e. The molecular weight excluding hydrogens is 191 g/mol. The largest absolute Gasteiger partial charge is 0.425 e. The molecular formula is C6H6F3NOS. The first-order chi connectivity index (χ1) is 5.54. The first-order valence-corrected chi connectivity index (χ1v) is 3.83. The van der Waals surface area contributed by atoms with Crippen molar-refractivity contribution in [2.75, 3.05) is 0 Å². The molecule has 0 amide bonds. The summed E-state index contributed by atoms with van der Waals surface area (Å²) in [6.07, 6.45) is -4.27. The first-order valence-electron chi connectivity index (χ1n) is 3.01. The molecule has 0 bridgehead atoms. The Labute approximate surface area is 70.7 Å². The van der Waals surface area contributed by atoms with Crippen molar-refractivity contribution in [3.8, 4) is 0 Å². The number of thiophene rings is 1. The van der Waals surface area contributed by atoms with Gasteiger partial charge in [-0.2, -0.15) is 13.2 Å². The van der Waals surface area contributed by atoms with E-state index >= 15 is 0 Å². The monoisotopic (exact) mass is 197 g/mol. The van der Waals surface area contributed by atoms with Crippen molar-refractivity contribution in [1.82, 2.24) is 0 Å². The van der Waals surface area contributed by atoms with Gasteiger partial charge in [0.1, 0.15) is 11.5 Å². The molecule has 0 fully saturated rings. The summed E-state index contributed by atoms with van der Waals surface area (Å²) in [5.41, 5.74) is 0. The van der Waals surface area contributed by atoms with Crippen LogP contribution in [0.25, 0.3) is 0 Å². The molecule has 0 saturated carbocycles.